The molecule has 11 heavy (non-hydrogen) atoms. The summed E-state index contributed by atoms with van der Waals surface area (Å²) in [6, 6.07) is 1.97. The first-order chi connectivity index (χ1) is 5.25. The van der Waals surface area contributed by atoms with Crippen molar-refractivity contribution in [2.24, 2.45) is 0 Å². The maximum Gasteiger partial charge on any atom is 0.0924 e. The molecule has 0 fully saturated rings. The van der Waals surface area contributed by atoms with Crippen LogP contribution in [0.3, 0.4) is 0 Å². The molecule has 0 aliphatic carbocycles. The fourth-order valence-corrected chi connectivity index (χ4v) is 1.80. The van der Waals surface area contributed by atoms with Crippen molar-refractivity contribution in [3.63, 3.8) is 0 Å². The summed E-state index contributed by atoms with van der Waals surface area (Å²) in [5.41, 5.74) is 1.05. The monoisotopic (exact) mass is 171 g/mol. The highest BCUT2D eigenvalue weighted by molar-refractivity contribution is 7.10. The maximum atomic E-state index is 9.53. The van der Waals surface area contributed by atoms with Crippen molar-refractivity contribution in [3.8, 4) is 0 Å². The number of likely N-dealkylation sites (N-methyl/N-ethyl adjacent to an activating group) is 1. The lowest BCUT2D eigenvalue weighted by Crippen LogP contribution is -2.16. The van der Waals surface area contributed by atoms with Crippen LogP contribution in [0.5, 0.6) is 0 Å². The van der Waals surface area contributed by atoms with Gasteiger partial charge in [-0.15, -0.1) is 11.3 Å². The molecule has 0 aliphatic heterocycles. The Balaban J connectivity index is 2.67. The van der Waals surface area contributed by atoms with Crippen LogP contribution in [0.1, 0.15) is 16.5 Å². The highest BCUT2D eigenvalue weighted by Crippen LogP contribution is 2.21. The van der Waals surface area contributed by atoms with E-state index in [0.29, 0.717) is 6.54 Å². The highest BCUT2D eigenvalue weighted by atomic mass is 32.1. The number of hydrogen-bond donors (Lipinski definition) is 2. The van der Waals surface area contributed by atoms with E-state index >= 15 is 0 Å². The van der Waals surface area contributed by atoms with Crippen LogP contribution in [-0.2, 0) is 0 Å². The van der Waals surface area contributed by atoms with Crippen LogP contribution < -0.4 is 5.32 Å². The van der Waals surface area contributed by atoms with Crippen molar-refractivity contribution in [2.75, 3.05) is 13.6 Å². The van der Waals surface area contributed by atoms with Crippen LogP contribution in [0, 0.1) is 6.92 Å². The van der Waals surface area contributed by atoms with Crippen LogP contribution in [0.2, 0.25) is 0 Å². The van der Waals surface area contributed by atoms with Gasteiger partial charge in [-0.2, -0.15) is 0 Å². The summed E-state index contributed by atoms with van der Waals surface area (Å²) in [6.45, 7) is 2.65. The average molecular weight is 171 g/mol. The standard InChI is InChI=1S/C8H13NOS/c1-6-7(3-4-11-6)8(10)5-9-2/h3-4,8-10H,5H2,1-2H3. The van der Waals surface area contributed by atoms with Crippen LogP contribution >= 0.6 is 11.3 Å². The number of nitrogens with one attached hydrogen (secondary N) is 1. The molecule has 1 heterocycles. The Morgan fingerprint density at radius 2 is 2.45 bits per heavy atom. The molecule has 1 aromatic heterocycles. The molecule has 0 saturated carbocycles. The molecule has 0 spiro atoms. The summed E-state index contributed by atoms with van der Waals surface area (Å²) in [5, 5.41) is 14.5. The quantitative estimate of drug-likeness (QED) is 0.718. The van der Waals surface area contributed by atoms with E-state index in [0.717, 1.165) is 5.56 Å². The fraction of sp³-hybridized carbons (Fsp3) is 0.500. The Morgan fingerprint density at radius 1 is 1.73 bits per heavy atom. The predicted octanol–water partition coefficient (Wildman–Crippen LogP) is 1.31. The minimum atomic E-state index is -0.355. The molecule has 2 nitrogen and oxygen atoms in total. The second-order valence-electron chi connectivity index (χ2n) is 2.51. The van der Waals surface area contributed by atoms with Crippen molar-refractivity contribution < 1.29 is 5.11 Å². The lowest BCUT2D eigenvalue weighted by molar-refractivity contribution is 0.177. The smallest absolute Gasteiger partial charge is 0.0924 e. The third-order valence-electron chi connectivity index (χ3n) is 1.66. The van der Waals surface area contributed by atoms with E-state index in [2.05, 4.69) is 5.32 Å². The van der Waals surface area contributed by atoms with Gasteiger partial charge in [0.1, 0.15) is 0 Å². The molecule has 1 rings (SSSR count). The summed E-state index contributed by atoms with van der Waals surface area (Å²) < 4.78 is 0. The van der Waals surface area contributed by atoms with Crippen LogP contribution in [0.4, 0.5) is 0 Å². The predicted molar refractivity (Wildman–Crippen MR) is 47.9 cm³/mol. The second-order valence-corrected chi connectivity index (χ2v) is 3.63. The maximum absolute atomic E-state index is 9.53. The first kappa shape index (κ1) is 8.71. The minimum Gasteiger partial charge on any atom is -0.387 e. The van der Waals surface area contributed by atoms with Crippen LogP contribution in [0.25, 0.3) is 0 Å². The third kappa shape index (κ3) is 2.02. The molecule has 1 atom stereocenters. The van der Waals surface area contributed by atoms with E-state index in [-0.39, 0.29) is 6.10 Å². The van der Waals surface area contributed by atoms with Gasteiger partial charge >= 0.3 is 0 Å². The lowest BCUT2D eigenvalue weighted by atomic mass is 10.1. The Hall–Kier alpha value is -0.380. The SMILES string of the molecule is CNCC(O)c1ccsc1C. The van der Waals surface area contributed by atoms with Gasteiger partial charge in [0.2, 0.25) is 0 Å². The molecule has 0 amide bonds. The Labute approximate surface area is 70.9 Å². The van der Waals surface area contributed by atoms with E-state index in [9.17, 15) is 5.11 Å². The van der Waals surface area contributed by atoms with E-state index in [1.807, 2.05) is 25.4 Å². The van der Waals surface area contributed by atoms with Crippen molar-refractivity contribution >= 4 is 11.3 Å². The van der Waals surface area contributed by atoms with Crippen molar-refractivity contribution in [1.29, 1.82) is 0 Å². The number of hydrogen-bond acceptors (Lipinski definition) is 3. The number of rotatable bonds is 3. The van der Waals surface area contributed by atoms with Gasteiger partial charge in [-0.05, 0) is 31.0 Å². The molecule has 1 aromatic rings. The molecule has 3 heteroatoms. The van der Waals surface area contributed by atoms with E-state index in [1.165, 1.54) is 4.88 Å². The topological polar surface area (TPSA) is 32.3 Å². The molecular weight excluding hydrogens is 158 g/mol. The molecular formula is C8H13NOS. The average Bonchev–Trinajstić information content (AvgIpc) is 2.36. The van der Waals surface area contributed by atoms with E-state index in [4.69, 9.17) is 0 Å². The molecule has 0 radical (unpaired) electrons. The summed E-state index contributed by atoms with van der Waals surface area (Å²) in [6.07, 6.45) is -0.355. The van der Waals surface area contributed by atoms with Gasteiger partial charge in [0.25, 0.3) is 0 Å². The molecule has 0 aliphatic rings. The number of aryl methyl sites for hydroxylation is 1. The largest absolute Gasteiger partial charge is 0.387 e. The van der Waals surface area contributed by atoms with Crippen LogP contribution in [0.15, 0.2) is 11.4 Å². The van der Waals surface area contributed by atoms with E-state index in [1.54, 1.807) is 11.3 Å². The van der Waals surface area contributed by atoms with Crippen molar-refractivity contribution in [1.82, 2.24) is 5.32 Å². The second kappa shape index (κ2) is 3.85. The summed E-state index contributed by atoms with van der Waals surface area (Å²) in [5.74, 6) is 0. The molecule has 0 aromatic carbocycles. The first-order valence-electron chi connectivity index (χ1n) is 3.62. The minimum absolute atomic E-state index is 0.355. The highest BCUT2D eigenvalue weighted by Gasteiger charge is 2.08. The van der Waals surface area contributed by atoms with Crippen molar-refractivity contribution in [2.45, 2.75) is 13.0 Å². The zero-order valence-electron chi connectivity index (χ0n) is 6.79. The van der Waals surface area contributed by atoms with Gasteiger partial charge in [0.15, 0.2) is 0 Å². The molecule has 0 saturated heterocycles. The number of aliphatic hydroxyl groups excluding tert-OH is 1. The zero-order chi connectivity index (χ0) is 8.27. The normalized spacial score (nSPS) is 13.4. The molecule has 2 N–H and O–H groups in total. The Bertz CT molecular complexity index is 222. The van der Waals surface area contributed by atoms with Gasteiger partial charge in [0, 0.05) is 11.4 Å². The van der Waals surface area contributed by atoms with Gasteiger partial charge in [-0.3, -0.25) is 0 Å². The van der Waals surface area contributed by atoms with E-state index < -0.39 is 0 Å². The Kier molecular flexibility index (Phi) is 3.05. The van der Waals surface area contributed by atoms with Crippen LogP contribution in [-0.4, -0.2) is 18.7 Å². The first-order valence-corrected chi connectivity index (χ1v) is 4.50. The van der Waals surface area contributed by atoms with Crippen molar-refractivity contribution in [3.05, 3.63) is 21.9 Å². The van der Waals surface area contributed by atoms with Gasteiger partial charge < -0.3 is 10.4 Å². The number of aliphatic hydroxyl groups is 1. The summed E-state index contributed by atoms with van der Waals surface area (Å²) >= 11 is 1.67. The Morgan fingerprint density at radius 3 is 2.91 bits per heavy atom. The zero-order valence-corrected chi connectivity index (χ0v) is 7.61. The molecule has 62 valence electrons. The van der Waals surface area contributed by atoms with Gasteiger partial charge in [0.05, 0.1) is 6.10 Å². The third-order valence-corrected chi connectivity index (χ3v) is 2.52. The molecule has 1 unspecified atom stereocenters. The summed E-state index contributed by atoms with van der Waals surface area (Å²) in [7, 11) is 1.84. The fourth-order valence-electron chi connectivity index (χ4n) is 1.04. The van der Waals surface area contributed by atoms with Gasteiger partial charge in [-0.1, -0.05) is 0 Å². The lowest BCUT2D eigenvalue weighted by Gasteiger charge is -2.08. The number of thiophene rings is 1. The van der Waals surface area contributed by atoms with Gasteiger partial charge in [-0.25, -0.2) is 0 Å². The summed E-state index contributed by atoms with van der Waals surface area (Å²) in [4.78, 5) is 1.20. The molecule has 0 bridgehead atoms.